The van der Waals surface area contributed by atoms with Gasteiger partial charge in [-0.3, -0.25) is 0 Å². The van der Waals surface area contributed by atoms with Crippen molar-refractivity contribution in [2.75, 3.05) is 6.61 Å². The van der Waals surface area contributed by atoms with Crippen LogP contribution < -0.4 is 4.74 Å². The Morgan fingerprint density at radius 2 is 1.85 bits per heavy atom. The van der Waals surface area contributed by atoms with Crippen molar-refractivity contribution in [2.45, 2.75) is 25.7 Å². The highest BCUT2D eigenvalue weighted by molar-refractivity contribution is 5.68. The Hall–Kier alpha value is -2.09. The number of hydrogen-bond acceptors (Lipinski definition) is 2. The number of rotatable bonds is 6. The zero-order valence-corrected chi connectivity index (χ0v) is 12.0. The van der Waals surface area contributed by atoms with Crippen LogP contribution in [0.2, 0.25) is 0 Å². The molecule has 0 bridgehead atoms. The Labute approximate surface area is 120 Å². The molecule has 1 atom stereocenters. The van der Waals surface area contributed by atoms with E-state index in [9.17, 15) is 4.79 Å². The van der Waals surface area contributed by atoms with E-state index in [4.69, 9.17) is 4.74 Å². The lowest BCUT2D eigenvalue weighted by molar-refractivity contribution is -0.112. The van der Waals surface area contributed by atoms with Crippen LogP contribution in [-0.2, 0) is 16.6 Å². The molecule has 0 saturated heterocycles. The van der Waals surface area contributed by atoms with Crippen molar-refractivity contribution in [1.29, 1.82) is 0 Å². The monoisotopic (exact) mass is 268 g/mol. The van der Waals surface area contributed by atoms with Crippen molar-refractivity contribution in [1.82, 2.24) is 0 Å². The normalized spacial score (nSPS) is 13.5. The number of carbonyl (C=O) groups excluding carboxylic acids is 1. The van der Waals surface area contributed by atoms with Crippen LogP contribution in [-0.4, -0.2) is 12.9 Å². The van der Waals surface area contributed by atoms with Gasteiger partial charge in [0.1, 0.15) is 12.0 Å². The number of aldehydes is 1. The van der Waals surface area contributed by atoms with Crippen LogP contribution in [0.4, 0.5) is 0 Å². The minimum atomic E-state index is -0.508. The van der Waals surface area contributed by atoms with E-state index in [0.29, 0.717) is 13.0 Å². The van der Waals surface area contributed by atoms with Crippen molar-refractivity contribution in [3.8, 4) is 5.75 Å². The maximum Gasteiger partial charge on any atom is 0.130 e. The Balaban J connectivity index is 2.26. The molecule has 0 radical (unpaired) electrons. The van der Waals surface area contributed by atoms with Crippen molar-refractivity contribution >= 4 is 6.29 Å². The molecular formula is C18H20O2. The van der Waals surface area contributed by atoms with Gasteiger partial charge < -0.3 is 9.53 Å². The molecule has 0 saturated carbocycles. The van der Waals surface area contributed by atoms with Crippen LogP contribution in [0.15, 0.2) is 54.6 Å². The first-order valence-electron chi connectivity index (χ1n) is 6.91. The highest BCUT2D eigenvalue weighted by Crippen LogP contribution is 2.27. The molecule has 20 heavy (non-hydrogen) atoms. The van der Waals surface area contributed by atoms with E-state index < -0.39 is 5.41 Å². The van der Waals surface area contributed by atoms with E-state index >= 15 is 0 Å². The molecule has 0 aliphatic carbocycles. The highest BCUT2D eigenvalue weighted by Gasteiger charge is 2.26. The predicted octanol–water partition coefficient (Wildman–Crippen LogP) is 3.78. The van der Waals surface area contributed by atoms with Gasteiger partial charge in [-0.25, -0.2) is 0 Å². The zero-order chi connectivity index (χ0) is 14.4. The quantitative estimate of drug-likeness (QED) is 0.745. The van der Waals surface area contributed by atoms with Gasteiger partial charge in [-0.2, -0.15) is 0 Å². The third kappa shape index (κ3) is 3.27. The molecule has 2 nitrogen and oxygen atoms in total. The maximum atomic E-state index is 11.6. The average molecular weight is 268 g/mol. The van der Waals surface area contributed by atoms with Crippen LogP contribution in [0.25, 0.3) is 0 Å². The van der Waals surface area contributed by atoms with Crippen LogP contribution in [0.1, 0.15) is 25.0 Å². The van der Waals surface area contributed by atoms with Crippen LogP contribution in [0.3, 0.4) is 0 Å². The van der Waals surface area contributed by atoms with Gasteiger partial charge in [0.15, 0.2) is 0 Å². The van der Waals surface area contributed by atoms with E-state index in [-0.39, 0.29) is 0 Å². The standard InChI is InChI=1S/C18H20O2/c1-3-20-17-11-7-8-15(12-17)13-18(2,14-19)16-9-5-4-6-10-16/h4-12,14H,3,13H2,1-2H3. The second-order valence-corrected chi connectivity index (χ2v) is 5.16. The molecular weight excluding hydrogens is 248 g/mol. The molecule has 104 valence electrons. The second kappa shape index (κ2) is 6.38. The smallest absolute Gasteiger partial charge is 0.130 e. The van der Waals surface area contributed by atoms with Gasteiger partial charge in [0.05, 0.1) is 12.0 Å². The minimum absolute atomic E-state index is 0.508. The first kappa shape index (κ1) is 14.3. The van der Waals surface area contributed by atoms with E-state index in [2.05, 4.69) is 0 Å². The molecule has 0 aliphatic heterocycles. The van der Waals surface area contributed by atoms with Crippen molar-refractivity contribution in [2.24, 2.45) is 0 Å². The van der Waals surface area contributed by atoms with E-state index in [1.54, 1.807) is 0 Å². The van der Waals surface area contributed by atoms with Crippen molar-refractivity contribution in [3.63, 3.8) is 0 Å². The van der Waals surface area contributed by atoms with Gasteiger partial charge in [-0.1, -0.05) is 42.5 Å². The van der Waals surface area contributed by atoms with Crippen LogP contribution in [0, 0.1) is 0 Å². The maximum absolute atomic E-state index is 11.6. The number of ether oxygens (including phenoxy) is 1. The third-order valence-corrected chi connectivity index (χ3v) is 3.47. The van der Waals surface area contributed by atoms with E-state index in [1.807, 2.05) is 68.4 Å². The molecule has 0 fully saturated rings. The fourth-order valence-electron chi connectivity index (χ4n) is 2.37. The molecule has 2 aromatic rings. The molecule has 0 amide bonds. The Kier molecular flexibility index (Phi) is 4.57. The van der Waals surface area contributed by atoms with Crippen LogP contribution in [0.5, 0.6) is 5.75 Å². The number of benzene rings is 2. The lowest BCUT2D eigenvalue weighted by atomic mass is 9.78. The summed E-state index contributed by atoms with van der Waals surface area (Å²) in [6.07, 6.45) is 1.71. The zero-order valence-electron chi connectivity index (χ0n) is 12.0. The molecule has 0 aromatic heterocycles. The Morgan fingerprint density at radius 1 is 1.10 bits per heavy atom. The van der Waals surface area contributed by atoms with Gasteiger partial charge in [0.2, 0.25) is 0 Å². The Bertz CT molecular complexity index is 563. The lowest BCUT2D eigenvalue weighted by Gasteiger charge is -2.24. The minimum Gasteiger partial charge on any atom is -0.494 e. The molecule has 2 heteroatoms. The predicted molar refractivity (Wildman–Crippen MR) is 81.2 cm³/mol. The second-order valence-electron chi connectivity index (χ2n) is 5.16. The number of hydrogen-bond donors (Lipinski definition) is 0. The van der Waals surface area contributed by atoms with Crippen molar-refractivity contribution < 1.29 is 9.53 Å². The summed E-state index contributed by atoms with van der Waals surface area (Å²) in [6.45, 7) is 4.59. The highest BCUT2D eigenvalue weighted by atomic mass is 16.5. The van der Waals surface area contributed by atoms with Gasteiger partial charge in [-0.05, 0) is 43.5 Å². The third-order valence-electron chi connectivity index (χ3n) is 3.47. The molecule has 1 unspecified atom stereocenters. The molecule has 2 aromatic carbocycles. The van der Waals surface area contributed by atoms with Crippen LogP contribution >= 0.6 is 0 Å². The lowest BCUT2D eigenvalue weighted by Crippen LogP contribution is -2.26. The van der Waals surface area contributed by atoms with Gasteiger partial charge in [0, 0.05) is 0 Å². The summed E-state index contributed by atoms with van der Waals surface area (Å²) in [6, 6.07) is 17.8. The molecule has 0 N–H and O–H groups in total. The summed E-state index contributed by atoms with van der Waals surface area (Å²) in [4.78, 5) is 11.6. The first-order chi connectivity index (χ1) is 9.68. The number of carbonyl (C=O) groups is 1. The fraction of sp³-hybridized carbons (Fsp3) is 0.278. The average Bonchev–Trinajstić information content (AvgIpc) is 2.49. The van der Waals surface area contributed by atoms with E-state index in [0.717, 1.165) is 23.2 Å². The SMILES string of the molecule is CCOc1cccc(CC(C)(C=O)c2ccccc2)c1. The molecule has 0 heterocycles. The summed E-state index contributed by atoms with van der Waals surface area (Å²) in [5.41, 5.74) is 1.64. The first-order valence-corrected chi connectivity index (χ1v) is 6.91. The summed E-state index contributed by atoms with van der Waals surface area (Å²) in [5.74, 6) is 0.853. The fourth-order valence-corrected chi connectivity index (χ4v) is 2.37. The molecule has 0 aliphatic rings. The summed E-state index contributed by atoms with van der Waals surface area (Å²) < 4.78 is 5.51. The molecule has 2 rings (SSSR count). The topological polar surface area (TPSA) is 26.3 Å². The summed E-state index contributed by atoms with van der Waals surface area (Å²) >= 11 is 0. The molecule has 0 spiro atoms. The van der Waals surface area contributed by atoms with E-state index in [1.165, 1.54) is 0 Å². The van der Waals surface area contributed by atoms with Gasteiger partial charge in [0.25, 0.3) is 0 Å². The Morgan fingerprint density at radius 3 is 2.50 bits per heavy atom. The largest absolute Gasteiger partial charge is 0.494 e. The van der Waals surface area contributed by atoms with Gasteiger partial charge >= 0.3 is 0 Å². The van der Waals surface area contributed by atoms with Crippen molar-refractivity contribution in [3.05, 3.63) is 65.7 Å². The van der Waals surface area contributed by atoms with Gasteiger partial charge in [-0.15, -0.1) is 0 Å². The summed E-state index contributed by atoms with van der Waals surface area (Å²) in [7, 11) is 0. The summed E-state index contributed by atoms with van der Waals surface area (Å²) in [5, 5.41) is 0.